The van der Waals surface area contributed by atoms with Gasteiger partial charge in [0.05, 0.1) is 20.8 Å². The number of rotatable bonds is 9. The zero-order valence-corrected chi connectivity index (χ0v) is 12.7. The first-order valence-corrected chi connectivity index (χ1v) is 6.99. The summed E-state index contributed by atoms with van der Waals surface area (Å²) in [5, 5.41) is 8.96. The summed E-state index contributed by atoms with van der Waals surface area (Å²) in [6.45, 7) is 4.91. The Hall–Kier alpha value is -1.46. The van der Waals surface area contributed by atoms with Crippen LogP contribution in [0.25, 0.3) is 0 Å². The number of aliphatic hydroxyl groups excluding tert-OH is 1. The van der Waals surface area contributed by atoms with Gasteiger partial charge in [-0.25, -0.2) is 0 Å². The molecule has 0 amide bonds. The van der Waals surface area contributed by atoms with Crippen molar-refractivity contribution in [1.82, 2.24) is 4.90 Å². The molecule has 0 heterocycles. The average Bonchev–Trinajstić information content (AvgIpc) is 2.47. The van der Waals surface area contributed by atoms with Gasteiger partial charge in [0.25, 0.3) is 0 Å². The van der Waals surface area contributed by atoms with E-state index < -0.39 is 0 Å². The number of methoxy groups -OCH3 is 2. The number of anilines is 1. The second kappa shape index (κ2) is 8.66. The molecule has 0 spiro atoms. The number of likely N-dealkylation sites (N-methyl/N-ethyl adjacent to an activating group) is 1. The fourth-order valence-corrected chi connectivity index (χ4v) is 2.22. The molecule has 0 saturated carbocycles. The van der Waals surface area contributed by atoms with Crippen LogP contribution in [-0.2, 0) is 6.42 Å². The smallest absolute Gasteiger partial charge is 0.162 e. The van der Waals surface area contributed by atoms with E-state index in [4.69, 9.17) is 20.3 Å². The topological polar surface area (TPSA) is 68.0 Å². The lowest BCUT2D eigenvalue weighted by Gasteiger charge is -2.19. The largest absolute Gasteiger partial charge is 0.493 e. The third-order valence-electron chi connectivity index (χ3n) is 3.43. The molecule has 0 aromatic heterocycles. The summed E-state index contributed by atoms with van der Waals surface area (Å²) in [6, 6.07) is 3.75. The van der Waals surface area contributed by atoms with E-state index in [1.807, 2.05) is 6.07 Å². The van der Waals surface area contributed by atoms with Crippen molar-refractivity contribution < 1.29 is 14.6 Å². The minimum Gasteiger partial charge on any atom is -0.493 e. The van der Waals surface area contributed by atoms with Gasteiger partial charge in [-0.15, -0.1) is 0 Å². The maximum Gasteiger partial charge on any atom is 0.162 e. The highest BCUT2D eigenvalue weighted by Gasteiger charge is 2.09. The molecule has 1 aromatic rings. The second-order valence-corrected chi connectivity index (χ2v) is 4.67. The van der Waals surface area contributed by atoms with E-state index in [1.165, 1.54) is 0 Å². The summed E-state index contributed by atoms with van der Waals surface area (Å²) in [4.78, 5) is 2.22. The molecular formula is C15H26N2O3. The van der Waals surface area contributed by atoms with Crippen LogP contribution >= 0.6 is 0 Å². The average molecular weight is 282 g/mol. The van der Waals surface area contributed by atoms with Gasteiger partial charge in [-0.3, -0.25) is 0 Å². The minimum absolute atomic E-state index is 0.201. The van der Waals surface area contributed by atoms with Crippen LogP contribution in [0.3, 0.4) is 0 Å². The number of ether oxygens (including phenoxy) is 2. The normalized spacial score (nSPS) is 10.8. The summed E-state index contributed by atoms with van der Waals surface area (Å²) in [7, 11) is 3.23. The van der Waals surface area contributed by atoms with Crippen molar-refractivity contribution in [2.24, 2.45) is 0 Å². The number of nitrogens with zero attached hydrogens (tertiary/aromatic N) is 1. The molecule has 0 radical (unpaired) electrons. The van der Waals surface area contributed by atoms with Crippen LogP contribution in [0.15, 0.2) is 12.1 Å². The molecule has 1 aromatic carbocycles. The summed E-state index contributed by atoms with van der Waals surface area (Å²) >= 11 is 0. The molecular weight excluding hydrogens is 256 g/mol. The van der Waals surface area contributed by atoms with Gasteiger partial charge in [-0.1, -0.05) is 6.92 Å². The van der Waals surface area contributed by atoms with Crippen molar-refractivity contribution in [3.8, 4) is 11.5 Å². The number of hydrogen-bond acceptors (Lipinski definition) is 5. The first-order chi connectivity index (χ1) is 9.65. The SMILES string of the molecule is CCN(CCO)CCCc1cc(OC)c(OC)cc1N. The van der Waals surface area contributed by atoms with E-state index in [1.54, 1.807) is 20.3 Å². The highest BCUT2D eigenvalue weighted by atomic mass is 16.5. The third kappa shape index (κ3) is 4.58. The summed E-state index contributed by atoms with van der Waals surface area (Å²) < 4.78 is 10.5. The lowest BCUT2D eigenvalue weighted by molar-refractivity contribution is 0.200. The quantitative estimate of drug-likeness (QED) is 0.672. The molecule has 0 bridgehead atoms. The maximum absolute atomic E-state index is 8.96. The standard InChI is InChI=1S/C15H26N2O3/c1-4-17(8-9-18)7-5-6-12-10-14(19-2)15(20-3)11-13(12)16/h10-11,18H,4-9,16H2,1-3H3. The molecule has 5 nitrogen and oxygen atoms in total. The minimum atomic E-state index is 0.201. The monoisotopic (exact) mass is 282 g/mol. The van der Waals surface area contributed by atoms with Crippen LogP contribution in [0.5, 0.6) is 11.5 Å². The molecule has 20 heavy (non-hydrogen) atoms. The van der Waals surface area contributed by atoms with Gasteiger partial charge in [0.2, 0.25) is 0 Å². The number of nitrogens with two attached hydrogens (primary N) is 1. The zero-order valence-electron chi connectivity index (χ0n) is 12.7. The van der Waals surface area contributed by atoms with Crippen molar-refractivity contribution >= 4 is 5.69 Å². The molecule has 0 aliphatic carbocycles. The molecule has 0 aliphatic rings. The van der Waals surface area contributed by atoms with E-state index in [9.17, 15) is 0 Å². The Labute approximate surface area is 121 Å². The van der Waals surface area contributed by atoms with Gasteiger partial charge < -0.3 is 25.2 Å². The Bertz CT molecular complexity index is 410. The predicted molar refractivity (Wildman–Crippen MR) is 81.5 cm³/mol. The number of nitrogen functional groups attached to an aromatic ring is 1. The first kappa shape index (κ1) is 16.6. The number of hydrogen-bond donors (Lipinski definition) is 2. The van der Waals surface area contributed by atoms with E-state index in [0.29, 0.717) is 11.5 Å². The van der Waals surface area contributed by atoms with Crippen LogP contribution < -0.4 is 15.2 Å². The molecule has 0 atom stereocenters. The fourth-order valence-electron chi connectivity index (χ4n) is 2.22. The van der Waals surface area contributed by atoms with Gasteiger partial charge in [0.1, 0.15) is 0 Å². The highest BCUT2D eigenvalue weighted by Crippen LogP contribution is 2.32. The predicted octanol–water partition coefficient (Wildman–Crippen LogP) is 1.53. The van der Waals surface area contributed by atoms with Gasteiger partial charge in [0.15, 0.2) is 11.5 Å². The fraction of sp³-hybridized carbons (Fsp3) is 0.600. The van der Waals surface area contributed by atoms with Crippen LogP contribution in [-0.4, -0.2) is 50.5 Å². The summed E-state index contributed by atoms with van der Waals surface area (Å²) in [6.07, 6.45) is 1.88. The van der Waals surface area contributed by atoms with E-state index in [-0.39, 0.29) is 6.61 Å². The number of aliphatic hydroxyl groups is 1. The lowest BCUT2D eigenvalue weighted by atomic mass is 10.1. The van der Waals surface area contributed by atoms with E-state index in [0.717, 1.165) is 43.7 Å². The lowest BCUT2D eigenvalue weighted by Crippen LogP contribution is -2.28. The van der Waals surface area contributed by atoms with Gasteiger partial charge >= 0.3 is 0 Å². The van der Waals surface area contributed by atoms with Crippen molar-refractivity contribution in [3.05, 3.63) is 17.7 Å². The molecule has 114 valence electrons. The third-order valence-corrected chi connectivity index (χ3v) is 3.43. The van der Waals surface area contributed by atoms with Crippen molar-refractivity contribution in [3.63, 3.8) is 0 Å². The number of aryl methyl sites for hydroxylation is 1. The molecule has 5 heteroatoms. The number of benzene rings is 1. The maximum atomic E-state index is 8.96. The van der Waals surface area contributed by atoms with Crippen LogP contribution in [0, 0.1) is 0 Å². The summed E-state index contributed by atoms with van der Waals surface area (Å²) in [5.41, 5.74) is 7.84. The highest BCUT2D eigenvalue weighted by molar-refractivity contribution is 5.58. The first-order valence-electron chi connectivity index (χ1n) is 6.99. The molecule has 1 rings (SSSR count). The van der Waals surface area contributed by atoms with Crippen molar-refractivity contribution in [2.75, 3.05) is 46.2 Å². The van der Waals surface area contributed by atoms with Gasteiger partial charge in [-0.2, -0.15) is 0 Å². The Kier molecular flexibility index (Phi) is 7.18. The summed E-state index contributed by atoms with van der Waals surface area (Å²) in [5.74, 6) is 1.36. The molecule has 0 aliphatic heterocycles. The Morgan fingerprint density at radius 1 is 1.15 bits per heavy atom. The van der Waals surface area contributed by atoms with Gasteiger partial charge in [0, 0.05) is 18.3 Å². The molecule has 3 N–H and O–H groups in total. The Morgan fingerprint density at radius 3 is 2.35 bits per heavy atom. The second-order valence-electron chi connectivity index (χ2n) is 4.67. The van der Waals surface area contributed by atoms with Crippen LogP contribution in [0.2, 0.25) is 0 Å². The molecule has 0 saturated heterocycles. The van der Waals surface area contributed by atoms with Gasteiger partial charge in [-0.05, 0) is 37.6 Å². The Morgan fingerprint density at radius 2 is 1.80 bits per heavy atom. The Balaban J connectivity index is 2.63. The van der Waals surface area contributed by atoms with Crippen LogP contribution in [0.1, 0.15) is 18.9 Å². The molecule has 0 unspecified atom stereocenters. The zero-order chi connectivity index (χ0) is 15.0. The van der Waals surface area contributed by atoms with Crippen molar-refractivity contribution in [2.45, 2.75) is 19.8 Å². The van der Waals surface area contributed by atoms with Crippen molar-refractivity contribution in [1.29, 1.82) is 0 Å². The van der Waals surface area contributed by atoms with E-state index >= 15 is 0 Å². The molecule has 0 fully saturated rings. The van der Waals surface area contributed by atoms with Crippen LogP contribution in [0.4, 0.5) is 5.69 Å². The van der Waals surface area contributed by atoms with E-state index in [2.05, 4.69) is 11.8 Å².